The number of fused-ring (bicyclic) bond motifs is 1. The topological polar surface area (TPSA) is 127 Å². The zero-order chi connectivity index (χ0) is 21.0. The molecule has 0 aliphatic carbocycles. The molecule has 0 radical (unpaired) electrons. The number of benzene rings is 2. The first-order valence-electron chi connectivity index (χ1n) is 8.64. The number of carbonyl (C=O) groups is 3. The highest BCUT2D eigenvalue weighted by atomic mass is 16.5. The van der Waals surface area contributed by atoms with E-state index in [1.54, 1.807) is 36.4 Å². The lowest BCUT2D eigenvalue weighted by Gasteiger charge is -2.10. The molecule has 29 heavy (non-hydrogen) atoms. The fourth-order valence-electron chi connectivity index (χ4n) is 2.76. The lowest BCUT2D eigenvalue weighted by atomic mass is 10.1. The predicted molar refractivity (Wildman–Crippen MR) is 105 cm³/mol. The van der Waals surface area contributed by atoms with Gasteiger partial charge in [0.1, 0.15) is 6.54 Å². The molecule has 0 spiro atoms. The second-order valence-corrected chi connectivity index (χ2v) is 6.19. The molecular formula is C20H17N3O6. The van der Waals surface area contributed by atoms with Gasteiger partial charge in [0, 0.05) is 5.56 Å². The molecule has 0 bridgehead atoms. The minimum absolute atomic E-state index is 0.169. The van der Waals surface area contributed by atoms with Crippen molar-refractivity contribution in [2.75, 3.05) is 11.9 Å². The van der Waals surface area contributed by atoms with Crippen LogP contribution in [0, 0.1) is 0 Å². The minimum atomic E-state index is -0.881. The van der Waals surface area contributed by atoms with Gasteiger partial charge in [-0.15, -0.1) is 0 Å². The number of H-pyrrole nitrogens is 1. The van der Waals surface area contributed by atoms with Crippen LogP contribution in [0.3, 0.4) is 0 Å². The molecule has 3 rings (SSSR count). The van der Waals surface area contributed by atoms with Crippen LogP contribution in [-0.2, 0) is 20.9 Å². The van der Waals surface area contributed by atoms with Crippen LogP contribution in [0.5, 0.6) is 0 Å². The molecule has 1 amide bonds. The van der Waals surface area contributed by atoms with Crippen LogP contribution in [0.2, 0.25) is 0 Å². The van der Waals surface area contributed by atoms with Crippen molar-refractivity contribution in [1.29, 1.82) is 0 Å². The summed E-state index contributed by atoms with van der Waals surface area (Å²) in [6, 6.07) is 12.6. The quantitative estimate of drug-likeness (QED) is 0.475. The third-order valence-corrected chi connectivity index (χ3v) is 4.12. The van der Waals surface area contributed by atoms with Crippen molar-refractivity contribution in [3.8, 4) is 0 Å². The number of para-hydroxylation sites is 1. The Labute approximate surface area is 163 Å². The Kier molecular flexibility index (Phi) is 5.68. The van der Waals surface area contributed by atoms with Crippen LogP contribution < -0.4 is 16.4 Å². The van der Waals surface area contributed by atoms with Gasteiger partial charge in [0.05, 0.1) is 16.5 Å². The zero-order valence-electron chi connectivity index (χ0n) is 15.4. The number of hydrogen-bond donors (Lipinski definition) is 2. The molecule has 1 aromatic heterocycles. The highest BCUT2D eigenvalue weighted by Gasteiger charge is 2.14. The lowest BCUT2D eigenvalue weighted by Crippen LogP contribution is -2.33. The van der Waals surface area contributed by atoms with Crippen LogP contribution in [0.1, 0.15) is 17.3 Å². The molecule has 0 fully saturated rings. The second kappa shape index (κ2) is 8.34. The molecule has 0 saturated carbocycles. The zero-order valence-corrected chi connectivity index (χ0v) is 15.4. The van der Waals surface area contributed by atoms with Gasteiger partial charge in [-0.1, -0.05) is 24.3 Å². The van der Waals surface area contributed by atoms with Gasteiger partial charge in [-0.05, 0) is 31.2 Å². The van der Waals surface area contributed by atoms with E-state index >= 15 is 0 Å². The van der Waals surface area contributed by atoms with E-state index in [1.807, 2.05) is 0 Å². The molecule has 9 nitrogen and oxygen atoms in total. The summed E-state index contributed by atoms with van der Waals surface area (Å²) < 4.78 is 5.70. The SMILES string of the molecule is CC(=O)c1ccccc1NC(=O)COC(=O)Cn1[nH]c(=O)c2ccccc2c1=O. The number of rotatable bonds is 6. The average molecular weight is 395 g/mol. The normalized spacial score (nSPS) is 10.5. The number of Topliss-reactive ketones (excluding diaryl/α,β-unsaturated/α-hetero) is 1. The maximum Gasteiger partial charge on any atom is 0.328 e. The number of ether oxygens (including phenoxy) is 1. The van der Waals surface area contributed by atoms with Gasteiger partial charge in [0.15, 0.2) is 12.4 Å². The van der Waals surface area contributed by atoms with E-state index < -0.39 is 36.1 Å². The van der Waals surface area contributed by atoms with Crippen LogP contribution >= 0.6 is 0 Å². The van der Waals surface area contributed by atoms with Crippen molar-refractivity contribution >= 4 is 34.1 Å². The summed E-state index contributed by atoms with van der Waals surface area (Å²) >= 11 is 0. The molecule has 2 N–H and O–H groups in total. The van der Waals surface area contributed by atoms with Gasteiger partial charge in [-0.3, -0.25) is 29.1 Å². The van der Waals surface area contributed by atoms with Crippen LogP contribution in [0.4, 0.5) is 5.69 Å². The highest BCUT2D eigenvalue weighted by molar-refractivity contribution is 6.04. The summed E-state index contributed by atoms with van der Waals surface area (Å²) in [6.45, 7) is 0.195. The van der Waals surface area contributed by atoms with Crippen molar-refractivity contribution in [2.24, 2.45) is 0 Å². The standard InChI is InChI=1S/C20H17N3O6/c1-12(24)13-6-4-5-9-16(13)21-17(25)11-29-18(26)10-23-20(28)15-8-3-2-7-14(15)19(27)22-23/h2-9H,10-11H2,1H3,(H,21,25)(H,22,27). The Morgan fingerprint density at radius 3 is 2.38 bits per heavy atom. The van der Waals surface area contributed by atoms with Gasteiger partial charge in [-0.2, -0.15) is 0 Å². The molecule has 0 unspecified atom stereocenters. The molecule has 3 aromatic rings. The monoisotopic (exact) mass is 395 g/mol. The molecule has 0 atom stereocenters. The summed E-state index contributed by atoms with van der Waals surface area (Å²) in [4.78, 5) is 60.0. The Balaban J connectivity index is 1.65. The summed E-state index contributed by atoms with van der Waals surface area (Å²) in [5, 5.41) is 5.18. The first-order chi connectivity index (χ1) is 13.9. The number of nitrogens with zero attached hydrogens (tertiary/aromatic N) is 1. The van der Waals surface area contributed by atoms with Crippen molar-refractivity contribution in [2.45, 2.75) is 13.5 Å². The Morgan fingerprint density at radius 2 is 1.66 bits per heavy atom. The number of amides is 1. The summed E-state index contributed by atoms with van der Waals surface area (Å²) in [5.74, 6) is -1.75. The van der Waals surface area contributed by atoms with Crippen molar-refractivity contribution < 1.29 is 19.1 Å². The van der Waals surface area contributed by atoms with Gasteiger partial charge in [-0.25, -0.2) is 4.68 Å². The highest BCUT2D eigenvalue weighted by Crippen LogP contribution is 2.15. The first kappa shape index (κ1) is 19.7. The number of ketones is 1. The molecule has 9 heteroatoms. The maximum absolute atomic E-state index is 12.4. The van der Waals surface area contributed by atoms with Crippen molar-refractivity contribution in [3.05, 3.63) is 74.8 Å². The van der Waals surface area contributed by atoms with Crippen molar-refractivity contribution in [3.63, 3.8) is 0 Å². The van der Waals surface area contributed by atoms with Gasteiger partial charge in [0.25, 0.3) is 17.0 Å². The predicted octanol–water partition coefficient (Wildman–Crippen LogP) is 1.07. The number of anilines is 1. The van der Waals surface area contributed by atoms with E-state index in [9.17, 15) is 24.0 Å². The number of nitrogens with one attached hydrogen (secondary N) is 2. The fourth-order valence-corrected chi connectivity index (χ4v) is 2.76. The number of hydrogen-bond acceptors (Lipinski definition) is 6. The molecule has 0 aliphatic rings. The molecule has 2 aromatic carbocycles. The number of aromatic nitrogens is 2. The summed E-state index contributed by atoms with van der Waals surface area (Å²) in [6.07, 6.45) is 0. The smallest absolute Gasteiger partial charge is 0.328 e. The molecule has 1 heterocycles. The Bertz CT molecular complexity index is 1220. The summed E-state index contributed by atoms with van der Waals surface area (Å²) in [5.41, 5.74) is -0.452. The Hall–Kier alpha value is -4.01. The van der Waals surface area contributed by atoms with E-state index in [0.717, 1.165) is 4.68 Å². The molecule has 148 valence electrons. The van der Waals surface area contributed by atoms with Gasteiger partial charge >= 0.3 is 5.97 Å². The second-order valence-electron chi connectivity index (χ2n) is 6.19. The molecule has 0 saturated heterocycles. The van der Waals surface area contributed by atoms with Crippen LogP contribution in [0.15, 0.2) is 58.1 Å². The third-order valence-electron chi connectivity index (χ3n) is 4.12. The maximum atomic E-state index is 12.4. The average Bonchev–Trinajstić information content (AvgIpc) is 2.70. The fraction of sp³-hybridized carbons (Fsp3) is 0.150. The van der Waals surface area contributed by atoms with E-state index in [2.05, 4.69) is 10.4 Å². The molecular weight excluding hydrogens is 378 g/mol. The van der Waals surface area contributed by atoms with Crippen LogP contribution in [0.25, 0.3) is 10.8 Å². The summed E-state index contributed by atoms with van der Waals surface area (Å²) in [7, 11) is 0. The first-order valence-corrected chi connectivity index (χ1v) is 8.64. The Morgan fingerprint density at radius 1 is 1.00 bits per heavy atom. The van der Waals surface area contributed by atoms with Gasteiger partial charge in [0.2, 0.25) is 0 Å². The number of aromatic amines is 1. The van der Waals surface area contributed by atoms with E-state index in [1.165, 1.54) is 19.1 Å². The van der Waals surface area contributed by atoms with E-state index in [0.29, 0.717) is 11.3 Å². The third kappa shape index (κ3) is 4.46. The van der Waals surface area contributed by atoms with E-state index in [-0.39, 0.29) is 16.6 Å². The largest absolute Gasteiger partial charge is 0.454 e. The van der Waals surface area contributed by atoms with Crippen molar-refractivity contribution in [1.82, 2.24) is 9.78 Å². The van der Waals surface area contributed by atoms with Gasteiger partial charge < -0.3 is 10.1 Å². The van der Waals surface area contributed by atoms with E-state index in [4.69, 9.17) is 4.74 Å². The lowest BCUT2D eigenvalue weighted by molar-refractivity contribution is -0.148. The number of esters is 1. The van der Waals surface area contributed by atoms with Crippen LogP contribution in [-0.4, -0.2) is 34.0 Å². The molecule has 0 aliphatic heterocycles. The number of carbonyl (C=O) groups excluding carboxylic acids is 3. The minimum Gasteiger partial charge on any atom is -0.454 e.